The molecule has 0 unspecified atom stereocenters. The SMILES string of the molecule is [13CH3]C([13CH3])=O. The summed E-state index contributed by atoms with van der Waals surface area (Å²) < 4.78 is 0. The fraction of sp³-hybridized carbons (Fsp3) is 0.667. The van der Waals surface area contributed by atoms with Gasteiger partial charge in [-0.2, -0.15) is 0 Å². The van der Waals surface area contributed by atoms with Crippen LogP contribution in [0.15, 0.2) is 0 Å². The van der Waals surface area contributed by atoms with Crippen LogP contribution >= 0.6 is 0 Å². The Morgan fingerprint density at radius 1 is 1.50 bits per heavy atom. The van der Waals surface area contributed by atoms with Gasteiger partial charge in [0.15, 0.2) is 0 Å². The van der Waals surface area contributed by atoms with Crippen molar-refractivity contribution in [1.29, 1.82) is 0 Å². The second-order valence-electron chi connectivity index (χ2n) is 0.908. The minimum absolute atomic E-state index is 0.167. The summed E-state index contributed by atoms with van der Waals surface area (Å²) in [7, 11) is 0. The van der Waals surface area contributed by atoms with Crippen LogP contribution in [0.5, 0.6) is 0 Å². The van der Waals surface area contributed by atoms with Gasteiger partial charge in [-0.1, -0.05) is 0 Å². The maximum Gasteiger partial charge on any atom is 0.126 e. The second-order valence-corrected chi connectivity index (χ2v) is 0.908. The van der Waals surface area contributed by atoms with Gasteiger partial charge < -0.3 is 4.79 Å². The first-order valence-electron chi connectivity index (χ1n) is 1.20. The summed E-state index contributed by atoms with van der Waals surface area (Å²) in [6.45, 7) is 3.06. The number of carbonyl (C=O) groups excluding carboxylic acids is 1. The Morgan fingerprint density at radius 2 is 1.50 bits per heavy atom. The molecule has 0 aliphatic carbocycles. The Balaban J connectivity index is 2.80. The Bertz CT molecular complexity index is 26.3. The van der Waals surface area contributed by atoms with E-state index < -0.39 is 0 Å². The van der Waals surface area contributed by atoms with Crippen molar-refractivity contribution in [3.05, 3.63) is 0 Å². The molecule has 0 aromatic heterocycles. The monoisotopic (exact) mass is 60.0 g/mol. The van der Waals surface area contributed by atoms with Crippen molar-refractivity contribution >= 4 is 5.78 Å². The van der Waals surface area contributed by atoms with Crippen molar-refractivity contribution < 1.29 is 4.79 Å². The number of Topliss-reactive ketones (excluding diaryl/α,β-unsaturated/α-hetero) is 1. The van der Waals surface area contributed by atoms with E-state index in [4.69, 9.17) is 0 Å². The predicted molar refractivity (Wildman–Crippen MR) is 16.4 cm³/mol. The van der Waals surface area contributed by atoms with Crippen LogP contribution in [0.3, 0.4) is 0 Å². The summed E-state index contributed by atoms with van der Waals surface area (Å²) >= 11 is 0. The van der Waals surface area contributed by atoms with Crippen molar-refractivity contribution in [2.24, 2.45) is 0 Å². The van der Waals surface area contributed by atoms with E-state index in [0.29, 0.717) is 0 Å². The number of hydrogen-bond donors (Lipinski definition) is 0. The molecule has 24 valence electrons. The molecule has 0 fully saturated rings. The highest BCUT2D eigenvalue weighted by Gasteiger charge is 1.62. The van der Waals surface area contributed by atoms with Crippen LogP contribution in [0, 0.1) is 0 Å². The van der Waals surface area contributed by atoms with Crippen molar-refractivity contribution in [3.63, 3.8) is 0 Å². The molecule has 0 N–H and O–H groups in total. The molecule has 0 saturated heterocycles. The average Bonchev–Trinajstić information content (AvgIpc) is 0.811. The lowest BCUT2D eigenvalue weighted by Crippen LogP contribution is -1.69. The van der Waals surface area contributed by atoms with Gasteiger partial charge in [-0.05, 0) is 13.8 Å². The third kappa shape index (κ3) is 6.88. The number of rotatable bonds is 0. The molecule has 0 aliphatic heterocycles. The number of ketones is 1. The third-order valence-corrected chi connectivity index (χ3v) is 0. The lowest BCUT2D eigenvalue weighted by Gasteiger charge is -1.56. The second kappa shape index (κ2) is 1.04. The number of carbonyl (C=O) groups is 1. The first-order valence-corrected chi connectivity index (χ1v) is 1.20. The summed E-state index contributed by atoms with van der Waals surface area (Å²) in [6, 6.07) is 0. The van der Waals surface area contributed by atoms with Crippen molar-refractivity contribution in [1.82, 2.24) is 0 Å². The maximum atomic E-state index is 9.44. The predicted octanol–water partition coefficient (Wildman–Crippen LogP) is 0.595. The zero-order valence-electron chi connectivity index (χ0n) is 2.91. The molecule has 0 amide bonds. The quantitative estimate of drug-likeness (QED) is 0.374. The first kappa shape index (κ1) is 3.67. The largest absolute Gasteiger partial charge is 0.300 e. The van der Waals surface area contributed by atoms with Crippen LogP contribution in [-0.2, 0) is 4.79 Å². The van der Waals surface area contributed by atoms with Crippen LogP contribution in [0.2, 0.25) is 0 Å². The van der Waals surface area contributed by atoms with E-state index in [-0.39, 0.29) is 5.78 Å². The molecule has 4 heavy (non-hydrogen) atoms. The topological polar surface area (TPSA) is 17.1 Å². The molecule has 0 aromatic rings. The standard InChI is InChI=1S/C3H6O/c1-3(2)4/h1-2H3/i1+1,2+1. The van der Waals surface area contributed by atoms with Gasteiger partial charge in [-0.15, -0.1) is 0 Å². The minimum atomic E-state index is 0.167. The van der Waals surface area contributed by atoms with Crippen molar-refractivity contribution in [3.8, 4) is 0 Å². The van der Waals surface area contributed by atoms with E-state index in [1.54, 1.807) is 0 Å². The molecule has 0 radical (unpaired) electrons. The van der Waals surface area contributed by atoms with E-state index >= 15 is 0 Å². The van der Waals surface area contributed by atoms with Gasteiger partial charge >= 0.3 is 0 Å². The van der Waals surface area contributed by atoms with Gasteiger partial charge in [-0.25, -0.2) is 0 Å². The Morgan fingerprint density at radius 3 is 1.50 bits per heavy atom. The molecule has 0 heterocycles. The highest BCUT2D eigenvalue weighted by molar-refractivity contribution is 5.72. The van der Waals surface area contributed by atoms with Crippen molar-refractivity contribution in [2.75, 3.05) is 0 Å². The Labute approximate surface area is 25.6 Å². The number of hydrogen-bond acceptors (Lipinski definition) is 1. The van der Waals surface area contributed by atoms with Gasteiger partial charge in [0, 0.05) is 0 Å². The lowest BCUT2D eigenvalue weighted by molar-refractivity contribution is -0.114. The Hall–Kier alpha value is -0.330. The highest BCUT2D eigenvalue weighted by atomic mass is 16.1. The minimum Gasteiger partial charge on any atom is -0.300 e. The summed E-state index contributed by atoms with van der Waals surface area (Å²) in [6.07, 6.45) is 0. The van der Waals surface area contributed by atoms with Gasteiger partial charge in [0.05, 0.1) is 0 Å². The van der Waals surface area contributed by atoms with Crippen LogP contribution in [0.25, 0.3) is 0 Å². The van der Waals surface area contributed by atoms with Gasteiger partial charge in [-0.3, -0.25) is 0 Å². The molecule has 0 atom stereocenters. The van der Waals surface area contributed by atoms with E-state index in [9.17, 15) is 4.79 Å². The van der Waals surface area contributed by atoms with Crippen LogP contribution in [0.4, 0.5) is 0 Å². The van der Waals surface area contributed by atoms with E-state index in [0.717, 1.165) is 0 Å². The first-order chi connectivity index (χ1) is 1.73. The summed E-state index contributed by atoms with van der Waals surface area (Å²) in [5, 5.41) is 0. The molecule has 0 saturated carbocycles. The van der Waals surface area contributed by atoms with Crippen molar-refractivity contribution in [2.45, 2.75) is 13.8 Å². The maximum absolute atomic E-state index is 9.44. The zero-order valence-corrected chi connectivity index (χ0v) is 2.91. The fourth-order valence-electron chi connectivity index (χ4n) is 0. The van der Waals surface area contributed by atoms with Crippen LogP contribution in [0.1, 0.15) is 13.8 Å². The molecular formula is C3H6O. The summed E-state index contributed by atoms with van der Waals surface area (Å²) in [5.41, 5.74) is 0. The van der Waals surface area contributed by atoms with E-state index in [2.05, 4.69) is 0 Å². The smallest absolute Gasteiger partial charge is 0.126 e. The summed E-state index contributed by atoms with van der Waals surface area (Å²) in [5.74, 6) is 0.167. The third-order valence-electron chi connectivity index (χ3n) is 0. The molecular weight excluding hydrogens is 54.0 g/mol. The molecule has 0 aliphatic rings. The summed E-state index contributed by atoms with van der Waals surface area (Å²) in [4.78, 5) is 9.44. The lowest BCUT2D eigenvalue weighted by atomic mass is 10.9. The fourth-order valence-corrected chi connectivity index (χ4v) is 0. The van der Waals surface area contributed by atoms with Gasteiger partial charge in [0.1, 0.15) is 5.78 Å². The Kier molecular flexibility index (Phi) is 0.958. The molecule has 0 rings (SSSR count). The highest BCUT2D eigenvalue weighted by Crippen LogP contribution is 1.50. The van der Waals surface area contributed by atoms with Gasteiger partial charge in [0.25, 0.3) is 0 Å². The molecule has 1 nitrogen and oxygen atoms in total. The molecule has 0 spiro atoms. The van der Waals surface area contributed by atoms with Crippen LogP contribution in [-0.4, -0.2) is 5.78 Å². The average molecular weight is 60.1 g/mol. The van der Waals surface area contributed by atoms with Crippen LogP contribution < -0.4 is 0 Å². The van der Waals surface area contributed by atoms with E-state index in [1.807, 2.05) is 0 Å². The molecule has 0 aromatic carbocycles. The molecule has 1 heteroatoms. The normalized spacial score (nSPS) is 6.50. The zero-order chi connectivity index (χ0) is 3.58. The van der Waals surface area contributed by atoms with E-state index in [1.165, 1.54) is 13.8 Å². The van der Waals surface area contributed by atoms with Gasteiger partial charge in [0.2, 0.25) is 0 Å². The molecule has 0 bridgehead atoms.